The highest BCUT2D eigenvalue weighted by Crippen LogP contribution is 2.43. The van der Waals surface area contributed by atoms with Gasteiger partial charge in [0.05, 0.1) is 10.6 Å². The van der Waals surface area contributed by atoms with Gasteiger partial charge in [-0.2, -0.15) is 0 Å². The summed E-state index contributed by atoms with van der Waals surface area (Å²) >= 11 is 0. The van der Waals surface area contributed by atoms with E-state index in [1.807, 2.05) is 31.2 Å². The maximum atomic E-state index is 13.3. The van der Waals surface area contributed by atoms with Crippen LogP contribution in [0.15, 0.2) is 47.4 Å². The normalized spacial score (nSPS) is 14.9. The Morgan fingerprint density at radius 2 is 1.64 bits per heavy atom. The van der Waals surface area contributed by atoms with Crippen LogP contribution in [0.3, 0.4) is 0 Å². The van der Waals surface area contributed by atoms with E-state index in [2.05, 4.69) is 33.0 Å². The van der Waals surface area contributed by atoms with Gasteiger partial charge >= 0.3 is 0 Å². The molecular formula is C22H28N2O3S. The Morgan fingerprint density at radius 3 is 2.29 bits per heavy atom. The van der Waals surface area contributed by atoms with Gasteiger partial charge in [0.25, 0.3) is 10.0 Å². The SMILES string of the molecule is Cc1ccc2c(c1)-c1ccccc1S(=O)(=O)N2CC(=O)NC(C(C)C)C(C)C. The maximum absolute atomic E-state index is 13.3. The van der Waals surface area contributed by atoms with Crippen molar-refractivity contribution in [2.75, 3.05) is 10.8 Å². The van der Waals surface area contributed by atoms with Gasteiger partial charge in [0.1, 0.15) is 6.54 Å². The molecule has 0 aliphatic carbocycles. The van der Waals surface area contributed by atoms with Gasteiger partial charge in [0.2, 0.25) is 5.91 Å². The van der Waals surface area contributed by atoms with Gasteiger partial charge < -0.3 is 5.32 Å². The van der Waals surface area contributed by atoms with Gasteiger partial charge in [-0.25, -0.2) is 8.42 Å². The number of aryl methyl sites for hydroxylation is 1. The zero-order valence-corrected chi connectivity index (χ0v) is 17.9. The van der Waals surface area contributed by atoms with Gasteiger partial charge in [-0.3, -0.25) is 9.10 Å². The lowest BCUT2D eigenvalue weighted by Crippen LogP contribution is -2.48. The molecule has 2 aromatic rings. The molecule has 0 radical (unpaired) electrons. The third kappa shape index (κ3) is 3.65. The Hall–Kier alpha value is -2.34. The first-order valence-corrected chi connectivity index (χ1v) is 11.1. The summed E-state index contributed by atoms with van der Waals surface area (Å²) < 4.78 is 27.8. The largest absolute Gasteiger partial charge is 0.351 e. The molecular weight excluding hydrogens is 372 g/mol. The second kappa shape index (κ2) is 7.59. The molecule has 28 heavy (non-hydrogen) atoms. The van der Waals surface area contributed by atoms with Crippen LogP contribution in [0.5, 0.6) is 0 Å². The molecule has 0 aromatic heterocycles. The van der Waals surface area contributed by atoms with E-state index in [1.54, 1.807) is 18.2 Å². The molecule has 1 heterocycles. The van der Waals surface area contributed by atoms with Crippen LogP contribution in [0, 0.1) is 18.8 Å². The molecule has 3 rings (SSSR count). The van der Waals surface area contributed by atoms with Crippen LogP contribution in [-0.2, 0) is 14.8 Å². The molecule has 0 bridgehead atoms. The number of hydrogen-bond donors (Lipinski definition) is 1. The lowest BCUT2D eigenvalue weighted by Gasteiger charge is -2.33. The summed E-state index contributed by atoms with van der Waals surface area (Å²) in [6.07, 6.45) is 0. The molecule has 5 nitrogen and oxygen atoms in total. The number of rotatable bonds is 5. The van der Waals surface area contributed by atoms with E-state index in [0.29, 0.717) is 11.3 Å². The zero-order valence-electron chi connectivity index (χ0n) is 17.1. The van der Waals surface area contributed by atoms with E-state index >= 15 is 0 Å². The van der Waals surface area contributed by atoms with Crippen molar-refractivity contribution in [1.82, 2.24) is 5.32 Å². The lowest BCUT2D eigenvalue weighted by molar-refractivity contribution is -0.121. The number of benzene rings is 2. The van der Waals surface area contributed by atoms with Crippen molar-refractivity contribution in [2.24, 2.45) is 11.8 Å². The minimum Gasteiger partial charge on any atom is -0.351 e. The summed E-state index contributed by atoms with van der Waals surface area (Å²) in [6.45, 7) is 9.95. The number of hydrogen-bond acceptors (Lipinski definition) is 3. The Morgan fingerprint density at radius 1 is 1.00 bits per heavy atom. The quantitative estimate of drug-likeness (QED) is 0.826. The summed E-state index contributed by atoms with van der Waals surface area (Å²) in [6, 6.07) is 12.6. The Balaban J connectivity index is 2.01. The van der Waals surface area contributed by atoms with Crippen molar-refractivity contribution in [2.45, 2.75) is 45.6 Å². The van der Waals surface area contributed by atoms with Crippen LogP contribution in [0.1, 0.15) is 33.3 Å². The highest BCUT2D eigenvalue weighted by atomic mass is 32.2. The topological polar surface area (TPSA) is 66.5 Å². The van der Waals surface area contributed by atoms with Crippen LogP contribution in [0.4, 0.5) is 5.69 Å². The second-order valence-corrected chi connectivity index (χ2v) is 9.94. The lowest BCUT2D eigenvalue weighted by atomic mass is 9.93. The number of sulfonamides is 1. The average Bonchev–Trinajstić information content (AvgIpc) is 2.63. The zero-order chi connectivity index (χ0) is 20.6. The number of carbonyl (C=O) groups is 1. The highest BCUT2D eigenvalue weighted by molar-refractivity contribution is 7.93. The molecule has 1 aliphatic heterocycles. The summed E-state index contributed by atoms with van der Waals surface area (Å²) in [5.74, 6) is 0.233. The van der Waals surface area contributed by atoms with E-state index in [9.17, 15) is 13.2 Å². The number of fused-ring (bicyclic) bond motifs is 3. The highest BCUT2D eigenvalue weighted by Gasteiger charge is 2.36. The molecule has 1 aliphatic rings. The molecule has 150 valence electrons. The monoisotopic (exact) mass is 400 g/mol. The Kier molecular flexibility index (Phi) is 5.53. The standard InChI is InChI=1S/C22H28N2O3S/c1-14(2)22(15(3)4)23-21(25)13-24-19-11-10-16(5)12-18(19)17-8-6-7-9-20(17)28(24,26)27/h6-12,14-15,22H,13H2,1-5H3,(H,23,25). The van der Waals surface area contributed by atoms with E-state index < -0.39 is 10.0 Å². The molecule has 6 heteroatoms. The molecule has 0 unspecified atom stereocenters. The van der Waals surface area contributed by atoms with Crippen molar-refractivity contribution in [1.29, 1.82) is 0 Å². The van der Waals surface area contributed by atoms with Gasteiger partial charge in [-0.15, -0.1) is 0 Å². The number of anilines is 1. The summed E-state index contributed by atoms with van der Waals surface area (Å²) in [5.41, 5.74) is 3.10. The third-order valence-corrected chi connectivity index (χ3v) is 7.04. The third-order valence-electron chi connectivity index (χ3n) is 5.22. The molecule has 0 spiro atoms. The van der Waals surface area contributed by atoms with Crippen molar-refractivity contribution in [3.8, 4) is 11.1 Å². The second-order valence-electron chi connectivity index (χ2n) is 8.11. The van der Waals surface area contributed by atoms with E-state index in [1.165, 1.54) is 4.31 Å². The summed E-state index contributed by atoms with van der Waals surface area (Å²) in [7, 11) is -3.81. The fourth-order valence-corrected chi connectivity index (χ4v) is 5.53. The molecule has 1 N–H and O–H groups in total. The molecule has 0 atom stereocenters. The van der Waals surface area contributed by atoms with E-state index in [4.69, 9.17) is 0 Å². The van der Waals surface area contributed by atoms with E-state index in [-0.39, 0.29) is 35.2 Å². The van der Waals surface area contributed by atoms with Crippen molar-refractivity contribution in [3.63, 3.8) is 0 Å². The summed E-state index contributed by atoms with van der Waals surface area (Å²) in [5, 5.41) is 3.02. The number of nitrogens with zero attached hydrogens (tertiary/aromatic N) is 1. The van der Waals surface area contributed by atoms with Crippen LogP contribution < -0.4 is 9.62 Å². The number of amides is 1. The first-order chi connectivity index (χ1) is 13.1. The fraction of sp³-hybridized carbons (Fsp3) is 0.409. The van der Waals surface area contributed by atoms with Crippen LogP contribution >= 0.6 is 0 Å². The van der Waals surface area contributed by atoms with Crippen LogP contribution in [0.25, 0.3) is 11.1 Å². The summed E-state index contributed by atoms with van der Waals surface area (Å²) in [4.78, 5) is 13.0. The minimum atomic E-state index is -3.81. The van der Waals surface area contributed by atoms with Gasteiger partial charge in [0, 0.05) is 17.2 Å². The molecule has 0 fully saturated rings. The number of nitrogens with one attached hydrogen (secondary N) is 1. The first-order valence-electron chi connectivity index (χ1n) is 9.65. The minimum absolute atomic E-state index is 0.00947. The van der Waals surface area contributed by atoms with Gasteiger partial charge in [-0.1, -0.05) is 57.5 Å². The Labute approximate surface area is 167 Å². The average molecular weight is 401 g/mol. The van der Waals surface area contributed by atoms with E-state index in [0.717, 1.165) is 11.1 Å². The maximum Gasteiger partial charge on any atom is 0.265 e. The molecule has 0 saturated carbocycles. The molecule has 0 saturated heterocycles. The van der Waals surface area contributed by atoms with Crippen LogP contribution in [-0.4, -0.2) is 26.9 Å². The number of carbonyl (C=O) groups excluding carboxylic acids is 1. The fourth-order valence-electron chi connectivity index (χ4n) is 3.88. The molecule has 1 amide bonds. The van der Waals surface area contributed by atoms with Crippen molar-refractivity contribution < 1.29 is 13.2 Å². The predicted molar refractivity (Wildman–Crippen MR) is 113 cm³/mol. The smallest absolute Gasteiger partial charge is 0.265 e. The predicted octanol–water partition coefficient (Wildman–Crippen LogP) is 3.97. The van der Waals surface area contributed by atoms with Gasteiger partial charge in [-0.05, 0) is 37.0 Å². The van der Waals surface area contributed by atoms with Crippen LogP contribution in [0.2, 0.25) is 0 Å². The van der Waals surface area contributed by atoms with Gasteiger partial charge in [0.15, 0.2) is 0 Å². The Bertz CT molecular complexity index is 989. The van der Waals surface area contributed by atoms with Crippen molar-refractivity contribution in [3.05, 3.63) is 48.0 Å². The first kappa shape index (κ1) is 20.4. The van der Waals surface area contributed by atoms with Crippen molar-refractivity contribution >= 4 is 21.6 Å². The molecule has 2 aromatic carbocycles.